The van der Waals surface area contributed by atoms with Crippen LogP contribution in [-0.4, -0.2) is 35.5 Å². The van der Waals surface area contributed by atoms with Crippen molar-refractivity contribution in [1.82, 2.24) is 9.55 Å². The molecule has 0 saturated carbocycles. The second-order valence-electron chi connectivity index (χ2n) is 5.02. The van der Waals surface area contributed by atoms with Crippen LogP contribution < -0.4 is 0 Å². The summed E-state index contributed by atoms with van der Waals surface area (Å²) in [7, 11) is 0. The normalized spacial score (nSPS) is 20.9. The van der Waals surface area contributed by atoms with Crippen LogP contribution in [0.25, 0.3) is 11.0 Å². The molecule has 1 aliphatic rings. The van der Waals surface area contributed by atoms with Gasteiger partial charge in [0.25, 0.3) is 0 Å². The van der Waals surface area contributed by atoms with Crippen LogP contribution >= 0.6 is 34.8 Å². The van der Waals surface area contributed by atoms with Gasteiger partial charge in [-0.2, -0.15) is 0 Å². The van der Waals surface area contributed by atoms with Crippen molar-refractivity contribution in [1.29, 1.82) is 0 Å². The summed E-state index contributed by atoms with van der Waals surface area (Å²) in [5.41, 5.74) is 1.68. The monoisotopic (exact) mass is 348 g/mol. The zero-order valence-corrected chi connectivity index (χ0v) is 13.8. The first-order valence-electron chi connectivity index (χ1n) is 6.75. The first-order chi connectivity index (χ1) is 10.1. The second-order valence-corrected chi connectivity index (χ2v) is 6.49. The third kappa shape index (κ3) is 3.15. The van der Waals surface area contributed by atoms with E-state index in [-0.39, 0.29) is 11.5 Å². The fourth-order valence-corrected chi connectivity index (χ4v) is 2.96. The number of hydrogen-bond donors (Lipinski definition) is 0. The Morgan fingerprint density at radius 2 is 2.10 bits per heavy atom. The Kier molecular flexibility index (Phi) is 4.62. The Balaban J connectivity index is 2.04. The predicted octanol–water partition coefficient (Wildman–Crippen LogP) is 4.06. The number of hydrogen-bond acceptors (Lipinski definition) is 3. The summed E-state index contributed by atoms with van der Waals surface area (Å²) < 4.78 is 13.2. The van der Waals surface area contributed by atoms with Crippen LogP contribution in [0.3, 0.4) is 0 Å². The van der Waals surface area contributed by atoms with Crippen molar-refractivity contribution in [3.05, 3.63) is 28.0 Å². The minimum absolute atomic E-state index is 0.0141. The standard InChI is InChI=1S/C14H15Cl3N2O2/c1-8(15)14-18-12-4-10(16)11(17)5-13(12)19(14)6-9-7-20-2-3-21-9/h4-5,8-9H,2-3,6-7H2,1H3. The molecular weight excluding hydrogens is 335 g/mol. The number of aromatic nitrogens is 2. The number of halogens is 3. The number of fused-ring (bicyclic) bond motifs is 1. The van der Waals surface area contributed by atoms with E-state index >= 15 is 0 Å². The topological polar surface area (TPSA) is 36.3 Å². The summed E-state index contributed by atoms with van der Waals surface area (Å²) in [4.78, 5) is 4.57. The molecule has 1 aromatic heterocycles. The molecule has 0 spiro atoms. The summed E-state index contributed by atoms with van der Waals surface area (Å²) in [6.07, 6.45) is -0.0141. The zero-order chi connectivity index (χ0) is 15.0. The van der Waals surface area contributed by atoms with Gasteiger partial charge in [0, 0.05) is 0 Å². The largest absolute Gasteiger partial charge is 0.376 e. The highest BCUT2D eigenvalue weighted by atomic mass is 35.5. The van der Waals surface area contributed by atoms with Crippen molar-refractivity contribution in [3.8, 4) is 0 Å². The molecule has 3 rings (SSSR count). The van der Waals surface area contributed by atoms with Gasteiger partial charge in [-0.25, -0.2) is 4.98 Å². The average Bonchev–Trinajstić information content (AvgIpc) is 2.79. The molecule has 1 aromatic carbocycles. The number of benzene rings is 1. The fraction of sp³-hybridized carbons (Fsp3) is 0.500. The molecule has 2 aromatic rings. The third-order valence-corrected chi connectivity index (χ3v) is 4.36. The lowest BCUT2D eigenvalue weighted by molar-refractivity contribution is -0.0934. The van der Waals surface area contributed by atoms with E-state index in [1.54, 1.807) is 6.07 Å². The molecular formula is C14H15Cl3N2O2. The fourth-order valence-electron chi connectivity index (χ4n) is 2.48. The van der Waals surface area contributed by atoms with Crippen LogP contribution in [0.4, 0.5) is 0 Å². The molecule has 1 saturated heterocycles. The van der Waals surface area contributed by atoms with Gasteiger partial charge in [0.2, 0.25) is 0 Å². The SMILES string of the molecule is CC(Cl)c1nc2cc(Cl)c(Cl)cc2n1CC1COCCO1. The molecule has 1 fully saturated rings. The van der Waals surface area contributed by atoms with Crippen LogP contribution in [0.5, 0.6) is 0 Å². The summed E-state index contributed by atoms with van der Waals surface area (Å²) in [6, 6.07) is 3.58. The predicted molar refractivity (Wildman–Crippen MR) is 84.6 cm³/mol. The molecule has 0 radical (unpaired) electrons. The van der Waals surface area contributed by atoms with E-state index < -0.39 is 0 Å². The highest BCUT2D eigenvalue weighted by molar-refractivity contribution is 6.42. The van der Waals surface area contributed by atoms with Crippen molar-refractivity contribution in [3.63, 3.8) is 0 Å². The van der Waals surface area contributed by atoms with Crippen LogP contribution in [0, 0.1) is 0 Å². The van der Waals surface area contributed by atoms with Gasteiger partial charge >= 0.3 is 0 Å². The van der Waals surface area contributed by atoms with E-state index in [9.17, 15) is 0 Å². The Morgan fingerprint density at radius 1 is 1.33 bits per heavy atom. The zero-order valence-electron chi connectivity index (χ0n) is 11.5. The molecule has 0 N–H and O–H groups in total. The van der Waals surface area contributed by atoms with Crippen LogP contribution in [0.2, 0.25) is 10.0 Å². The lowest BCUT2D eigenvalue weighted by Crippen LogP contribution is -2.32. The first kappa shape index (κ1) is 15.4. The molecule has 21 heavy (non-hydrogen) atoms. The van der Waals surface area contributed by atoms with Crippen molar-refractivity contribution >= 4 is 45.8 Å². The van der Waals surface area contributed by atoms with E-state index in [0.717, 1.165) is 16.9 Å². The summed E-state index contributed by atoms with van der Waals surface area (Å²) in [5, 5.41) is 0.763. The van der Waals surface area contributed by atoms with E-state index in [1.165, 1.54) is 0 Å². The van der Waals surface area contributed by atoms with E-state index in [1.807, 2.05) is 17.6 Å². The van der Waals surface area contributed by atoms with Crippen molar-refractivity contribution in [2.45, 2.75) is 24.9 Å². The van der Waals surface area contributed by atoms with Gasteiger partial charge in [-0.05, 0) is 19.1 Å². The van der Waals surface area contributed by atoms with Crippen molar-refractivity contribution in [2.24, 2.45) is 0 Å². The summed E-state index contributed by atoms with van der Waals surface area (Å²) in [6.45, 7) is 4.33. The molecule has 0 bridgehead atoms. The number of nitrogens with zero attached hydrogens (tertiary/aromatic N) is 2. The Hall–Kier alpha value is -0.520. The second kappa shape index (κ2) is 6.31. The Morgan fingerprint density at radius 3 is 2.76 bits per heavy atom. The lowest BCUT2D eigenvalue weighted by atomic mass is 10.3. The smallest absolute Gasteiger partial charge is 0.127 e. The molecule has 4 nitrogen and oxygen atoms in total. The number of imidazole rings is 1. The van der Waals surface area contributed by atoms with Gasteiger partial charge in [-0.3, -0.25) is 0 Å². The molecule has 0 aliphatic carbocycles. The van der Waals surface area contributed by atoms with Gasteiger partial charge in [0.05, 0.1) is 58.9 Å². The molecule has 7 heteroatoms. The number of alkyl halides is 1. The summed E-state index contributed by atoms with van der Waals surface area (Å²) >= 11 is 18.4. The van der Waals surface area contributed by atoms with Crippen LogP contribution in [0.15, 0.2) is 12.1 Å². The molecule has 2 unspecified atom stereocenters. The third-order valence-electron chi connectivity index (χ3n) is 3.45. The van der Waals surface area contributed by atoms with E-state index in [4.69, 9.17) is 44.3 Å². The number of ether oxygens (including phenoxy) is 2. The molecule has 114 valence electrons. The molecule has 2 atom stereocenters. The average molecular weight is 350 g/mol. The van der Waals surface area contributed by atoms with Gasteiger partial charge in [-0.15, -0.1) is 11.6 Å². The highest BCUT2D eigenvalue weighted by Crippen LogP contribution is 2.31. The quantitative estimate of drug-likeness (QED) is 0.784. The minimum Gasteiger partial charge on any atom is -0.376 e. The van der Waals surface area contributed by atoms with Gasteiger partial charge in [0.1, 0.15) is 5.82 Å². The lowest BCUT2D eigenvalue weighted by Gasteiger charge is -2.24. The van der Waals surface area contributed by atoms with Crippen LogP contribution in [-0.2, 0) is 16.0 Å². The summed E-state index contributed by atoms with van der Waals surface area (Å²) in [5.74, 6) is 0.777. The van der Waals surface area contributed by atoms with Gasteiger partial charge in [-0.1, -0.05) is 23.2 Å². The van der Waals surface area contributed by atoms with E-state index in [0.29, 0.717) is 36.4 Å². The van der Waals surface area contributed by atoms with Crippen molar-refractivity contribution in [2.75, 3.05) is 19.8 Å². The minimum atomic E-state index is -0.223. The van der Waals surface area contributed by atoms with Gasteiger partial charge < -0.3 is 14.0 Å². The maximum atomic E-state index is 6.26. The number of rotatable bonds is 3. The Labute approximate surface area is 137 Å². The maximum absolute atomic E-state index is 6.26. The van der Waals surface area contributed by atoms with Crippen molar-refractivity contribution < 1.29 is 9.47 Å². The van der Waals surface area contributed by atoms with Gasteiger partial charge in [0.15, 0.2) is 0 Å². The molecule has 1 aliphatic heterocycles. The Bertz CT molecular complexity index is 651. The molecule has 2 heterocycles. The first-order valence-corrected chi connectivity index (χ1v) is 7.94. The van der Waals surface area contributed by atoms with E-state index in [2.05, 4.69) is 4.98 Å². The molecule has 0 amide bonds. The highest BCUT2D eigenvalue weighted by Gasteiger charge is 2.21. The maximum Gasteiger partial charge on any atom is 0.127 e. The van der Waals surface area contributed by atoms with Crippen LogP contribution in [0.1, 0.15) is 18.1 Å².